The summed E-state index contributed by atoms with van der Waals surface area (Å²) < 4.78 is 0. The van der Waals surface area contributed by atoms with E-state index in [1.165, 1.54) is 25.7 Å². The molecule has 2 heterocycles. The molecule has 1 N–H and O–H groups in total. The third-order valence-corrected chi connectivity index (χ3v) is 6.77. The highest BCUT2D eigenvalue weighted by Crippen LogP contribution is 2.46. The molecule has 5 heteroatoms. The Morgan fingerprint density at radius 1 is 1.00 bits per heavy atom. The predicted octanol–water partition coefficient (Wildman–Crippen LogP) is 2.13. The number of carbonyl (C=O) groups is 1. The van der Waals surface area contributed by atoms with Crippen LogP contribution in [0.2, 0.25) is 0 Å². The average molecular weight is 342 g/mol. The summed E-state index contributed by atoms with van der Waals surface area (Å²) in [7, 11) is 0. The van der Waals surface area contributed by atoms with Crippen LogP contribution in [0.25, 0.3) is 0 Å². The predicted molar refractivity (Wildman–Crippen MR) is 94.8 cm³/mol. The van der Waals surface area contributed by atoms with Gasteiger partial charge in [-0.2, -0.15) is 0 Å². The maximum atomic E-state index is 12.7. The molecule has 0 aromatic heterocycles. The number of carbonyl (C=O) groups excluding carboxylic acids is 1. The van der Waals surface area contributed by atoms with Gasteiger partial charge in [0.2, 0.25) is 5.91 Å². The number of nitrogens with one attached hydrogen (secondary N) is 1. The Kier molecular flexibility index (Phi) is 5.54. The molecule has 2 aliphatic carbocycles. The maximum absolute atomic E-state index is 12.7. The Morgan fingerprint density at radius 2 is 1.78 bits per heavy atom. The Labute approximate surface area is 146 Å². The molecule has 3 unspecified atom stereocenters. The minimum absolute atomic E-state index is 0. The van der Waals surface area contributed by atoms with Crippen LogP contribution in [0.5, 0.6) is 0 Å². The summed E-state index contributed by atoms with van der Waals surface area (Å²) >= 11 is 0. The van der Waals surface area contributed by atoms with Gasteiger partial charge in [0.05, 0.1) is 0 Å². The maximum Gasteiger partial charge on any atom is 0.225 e. The van der Waals surface area contributed by atoms with Crippen molar-refractivity contribution in [3.63, 3.8) is 0 Å². The Hall–Kier alpha value is -0.320. The first-order valence-corrected chi connectivity index (χ1v) is 9.47. The number of hydrogen-bond acceptors (Lipinski definition) is 3. The molecule has 4 rings (SSSR count). The van der Waals surface area contributed by atoms with Crippen LogP contribution in [-0.4, -0.2) is 60.5 Å². The van der Waals surface area contributed by atoms with Crippen molar-refractivity contribution in [2.75, 3.05) is 32.7 Å². The first-order chi connectivity index (χ1) is 10.7. The standard InChI is InChI=1S/C18H31N3O.ClH/c1-13-10-16(4-5-19-13)18(22)21-8-6-20(7-9-21)17-12-14-2-3-15(17)11-14;/h13-17,19H,2-12H2,1H3;1H/t13-,14?,15?,16-,17?;/m0./s1. The van der Waals surface area contributed by atoms with Gasteiger partial charge in [0.15, 0.2) is 0 Å². The van der Waals surface area contributed by atoms with Crippen LogP contribution >= 0.6 is 12.4 Å². The summed E-state index contributed by atoms with van der Waals surface area (Å²) in [6.07, 6.45) is 7.90. The first-order valence-electron chi connectivity index (χ1n) is 9.47. The molecule has 132 valence electrons. The number of nitrogens with zero attached hydrogens (tertiary/aromatic N) is 2. The zero-order chi connectivity index (χ0) is 15.1. The van der Waals surface area contributed by atoms with Crippen LogP contribution in [0.4, 0.5) is 0 Å². The highest BCUT2D eigenvalue weighted by Gasteiger charge is 2.43. The Bertz CT molecular complexity index is 424. The van der Waals surface area contributed by atoms with Gasteiger partial charge in [-0.3, -0.25) is 9.69 Å². The highest BCUT2D eigenvalue weighted by molar-refractivity contribution is 5.85. The van der Waals surface area contributed by atoms with E-state index in [2.05, 4.69) is 22.0 Å². The van der Waals surface area contributed by atoms with E-state index in [1.807, 2.05) is 0 Å². The smallest absolute Gasteiger partial charge is 0.225 e. The van der Waals surface area contributed by atoms with Gasteiger partial charge in [-0.15, -0.1) is 12.4 Å². The van der Waals surface area contributed by atoms with E-state index in [4.69, 9.17) is 0 Å². The third kappa shape index (κ3) is 3.54. The van der Waals surface area contributed by atoms with Crippen LogP contribution in [-0.2, 0) is 4.79 Å². The van der Waals surface area contributed by atoms with E-state index in [-0.39, 0.29) is 18.3 Å². The van der Waals surface area contributed by atoms with Gasteiger partial charge in [0, 0.05) is 44.2 Å². The molecule has 1 amide bonds. The molecule has 23 heavy (non-hydrogen) atoms. The molecular weight excluding hydrogens is 310 g/mol. The van der Waals surface area contributed by atoms with Crippen molar-refractivity contribution in [1.82, 2.24) is 15.1 Å². The van der Waals surface area contributed by atoms with Crippen molar-refractivity contribution in [2.45, 2.75) is 57.5 Å². The molecule has 0 aromatic carbocycles. The van der Waals surface area contributed by atoms with Gasteiger partial charge < -0.3 is 10.2 Å². The summed E-state index contributed by atoms with van der Waals surface area (Å²) in [5.74, 6) is 2.69. The van der Waals surface area contributed by atoms with Crippen molar-refractivity contribution >= 4 is 18.3 Å². The topological polar surface area (TPSA) is 35.6 Å². The van der Waals surface area contributed by atoms with Gasteiger partial charge >= 0.3 is 0 Å². The summed E-state index contributed by atoms with van der Waals surface area (Å²) in [4.78, 5) is 17.6. The van der Waals surface area contributed by atoms with E-state index in [1.54, 1.807) is 0 Å². The van der Waals surface area contributed by atoms with E-state index in [9.17, 15) is 4.79 Å². The zero-order valence-electron chi connectivity index (χ0n) is 14.4. The Morgan fingerprint density at radius 3 is 2.39 bits per heavy atom. The summed E-state index contributed by atoms with van der Waals surface area (Å²) in [5.41, 5.74) is 0. The fraction of sp³-hybridized carbons (Fsp3) is 0.944. The van der Waals surface area contributed by atoms with Gasteiger partial charge in [0.1, 0.15) is 0 Å². The molecule has 2 saturated carbocycles. The van der Waals surface area contributed by atoms with Crippen LogP contribution in [0, 0.1) is 17.8 Å². The quantitative estimate of drug-likeness (QED) is 0.835. The van der Waals surface area contributed by atoms with Gasteiger partial charge in [-0.25, -0.2) is 0 Å². The molecule has 4 fully saturated rings. The lowest BCUT2D eigenvalue weighted by molar-refractivity contribution is -0.139. The number of piperazine rings is 1. The second-order valence-corrected chi connectivity index (χ2v) is 8.18. The summed E-state index contributed by atoms with van der Waals surface area (Å²) in [5, 5.41) is 3.45. The van der Waals surface area contributed by atoms with Crippen LogP contribution in [0.3, 0.4) is 0 Å². The number of hydrogen-bond donors (Lipinski definition) is 1. The number of fused-ring (bicyclic) bond motifs is 2. The third-order valence-electron chi connectivity index (χ3n) is 6.77. The minimum atomic E-state index is 0. The largest absolute Gasteiger partial charge is 0.340 e. The van der Waals surface area contributed by atoms with E-state index >= 15 is 0 Å². The van der Waals surface area contributed by atoms with Crippen LogP contribution < -0.4 is 5.32 Å². The normalized spacial score (nSPS) is 40.9. The molecule has 0 spiro atoms. The number of amides is 1. The molecule has 2 aliphatic heterocycles. The van der Waals surface area contributed by atoms with Crippen molar-refractivity contribution in [3.8, 4) is 0 Å². The van der Waals surface area contributed by atoms with Gasteiger partial charge in [-0.05, 0) is 57.4 Å². The molecule has 0 aromatic rings. The number of rotatable bonds is 2. The second-order valence-electron chi connectivity index (χ2n) is 8.18. The Balaban J connectivity index is 0.00000156. The van der Waals surface area contributed by atoms with E-state index < -0.39 is 0 Å². The lowest BCUT2D eigenvalue weighted by Gasteiger charge is -2.42. The minimum Gasteiger partial charge on any atom is -0.340 e. The van der Waals surface area contributed by atoms with E-state index in [0.717, 1.165) is 63.4 Å². The molecule has 2 saturated heterocycles. The van der Waals surface area contributed by atoms with Crippen molar-refractivity contribution in [1.29, 1.82) is 0 Å². The summed E-state index contributed by atoms with van der Waals surface area (Å²) in [6.45, 7) is 7.35. The summed E-state index contributed by atoms with van der Waals surface area (Å²) in [6, 6.07) is 1.34. The molecular formula is C18H32ClN3O. The highest BCUT2D eigenvalue weighted by atomic mass is 35.5. The molecule has 4 aliphatic rings. The fourth-order valence-corrected chi connectivity index (χ4v) is 5.55. The van der Waals surface area contributed by atoms with Crippen LogP contribution in [0.1, 0.15) is 45.4 Å². The average Bonchev–Trinajstić information content (AvgIpc) is 3.17. The zero-order valence-corrected chi connectivity index (χ0v) is 15.2. The number of piperidine rings is 1. The van der Waals surface area contributed by atoms with Crippen LogP contribution in [0.15, 0.2) is 0 Å². The van der Waals surface area contributed by atoms with Gasteiger partial charge in [-0.1, -0.05) is 6.42 Å². The monoisotopic (exact) mass is 341 g/mol. The van der Waals surface area contributed by atoms with Gasteiger partial charge in [0.25, 0.3) is 0 Å². The van der Waals surface area contributed by atoms with Crippen molar-refractivity contribution in [3.05, 3.63) is 0 Å². The lowest BCUT2D eigenvalue weighted by atomic mass is 9.91. The molecule has 0 radical (unpaired) electrons. The van der Waals surface area contributed by atoms with E-state index in [0.29, 0.717) is 11.9 Å². The molecule has 4 nitrogen and oxygen atoms in total. The van der Waals surface area contributed by atoms with Crippen molar-refractivity contribution in [2.24, 2.45) is 17.8 Å². The first kappa shape index (κ1) is 17.5. The number of halogens is 1. The molecule has 5 atom stereocenters. The van der Waals surface area contributed by atoms with Crippen molar-refractivity contribution < 1.29 is 4.79 Å². The fourth-order valence-electron chi connectivity index (χ4n) is 5.55. The lowest BCUT2D eigenvalue weighted by Crippen LogP contribution is -2.55. The molecule has 2 bridgehead atoms. The second kappa shape index (κ2) is 7.28. The SMILES string of the molecule is C[C@H]1C[C@@H](C(=O)N2CCN(C3CC4CCC3C4)CC2)CCN1.Cl.